The van der Waals surface area contributed by atoms with Gasteiger partial charge in [-0.25, -0.2) is 0 Å². The second kappa shape index (κ2) is 6.10. The van der Waals surface area contributed by atoms with Crippen LogP contribution in [0.2, 0.25) is 0 Å². The van der Waals surface area contributed by atoms with Crippen LogP contribution in [-0.4, -0.2) is 35.2 Å². The molecule has 4 nitrogen and oxygen atoms in total. The molecular weight excluding hydrogens is 288 g/mol. The topological polar surface area (TPSA) is 45.3 Å². The number of hydrogen-bond donors (Lipinski definition) is 1. The molecule has 0 amide bonds. The van der Waals surface area contributed by atoms with Crippen molar-refractivity contribution >= 4 is 10.9 Å². The second-order valence-electron chi connectivity index (χ2n) is 7.01. The largest absolute Gasteiger partial charge is 0.373 e. The number of fused-ring (bicyclic) bond motifs is 1. The number of benzene rings is 1. The van der Waals surface area contributed by atoms with Gasteiger partial charge in [-0.15, -0.1) is 0 Å². The van der Waals surface area contributed by atoms with Crippen molar-refractivity contribution in [1.82, 2.24) is 9.88 Å². The molecule has 3 rings (SSSR count). The third kappa shape index (κ3) is 3.19. The summed E-state index contributed by atoms with van der Waals surface area (Å²) in [6.07, 6.45) is 0.422. The van der Waals surface area contributed by atoms with Gasteiger partial charge in [0.15, 0.2) is 5.43 Å². The molecule has 1 saturated heterocycles. The van der Waals surface area contributed by atoms with Gasteiger partial charge in [0.25, 0.3) is 0 Å². The van der Waals surface area contributed by atoms with Crippen LogP contribution in [0.1, 0.15) is 36.2 Å². The Morgan fingerprint density at radius 2 is 1.83 bits per heavy atom. The highest BCUT2D eigenvalue weighted by Gasteiger charge is 2.24. The second-order valence-corrected chi connectivity index (χ2v) is 7.01. The first-order chi connectivity index (χ1) is 10.8. The highest BCUT2D eigenvalue weighted by molar-refractivity contribution is 5.83. The Bertz CT molecular complexity index is 784. The number of morpholine rings is 1. The maximum Gasteiger partial charge on any atom is 0.194 e. The Kier molecular flexibility index (Phi) is 4.30. The Morgan fingerprint density at radius 3 is 2.48 bits per heavy atom. The molecule has 0 radical (unpaired) electrons. The summed E-state index contributed by atoms with van der Waals surface area (Å²) in [5, 5.41) is 0.825. The van der Waals surface area contributed by atoms with Crippen molar-refractivity contribution in [2.45, 2.75) is 53.4 Å². The minimum Gasteiger partial charge on any atom is -0.373 e. The molecule has 0 saturated carbocycles. The summed E-state index contributed by atoms with van der Waals surface area (Å²) >= 11 is 0. The van der Waals surface area contributed by atoms with Crippen LogP contribution < -0.4 is 5.43 Å². The number of ether oxygens (including phenoxy) is 1. The zero-order chi connectivity index (χ0) is 16.7. The van der Waals surface area contributed by atoms with Crippen molar-refractivity contribution in [2.24, 2.45) is 0 Å². The maximum atomic E-state index is 13.0. The lowest BCUT2D eigenvalue weighted by atomic mass is 10.0. The normalized spacial score (nSPS) is 22.7. The Labute approximate surface area is 137 Å². The summed E-state index contributed by atoms with van der Waals surface area (Å²) < 4.78 is 5.79. The summed E-state index contributed by atoms with van der Waals surface area (Å²) in [4.78, 5) is 18.8. The fraction of sp³-hybridized carbons (Fsp3) is 0.526. The highest BCUT2D eigenvalue weighted by Crippen LogP contribution is 2.20. The fourth-order valence-electron chi connectivity index (χ4n) is 3.79. The van der Waals surface area contributed by atoms with Crippen molar-refractivity contribution < 1.29 is 4.74 Å². The van der Waals surface area contributed by atoms with Crippen molar-refractivity contribution in [3.05, 3.63) is 44.7 Å². The Balaban J connectivity index is 2.03. The maximum absolute atomic E-state index is 13.0. The van der Waals surface area contributed by atoms with E-state index in [0.29, 0.717) is 6.54 Å². The number of aromatic nitrogens is 1. The lowest BCUT2D eigenvalue weighted by Crippen LogP contribution is -2.45. The van der Waals surface area contributed by atoms with E-state index in [-0.39, 0.29) is 17.6 Å². The van der Waals surface area contributed by atoms with Crippen LogP contribution in [-0.2, 0) is 11.3 Å². The average Bonchev–Trinajstić information content (AvgIpc) is 2.41. The van der Waals surface area contributed by atoms with Gasteiger partial charge in [0.2, 0.25) is 0 Å². The predicted octanol–water partition coefficient (Wildman–Crippen LogP) is 3.06. The molecule has 1 aliphatic heterocycles. The molecule has 1 aromatic carbocycles. The van der Waals surface area contributed by atoms with Crippen LogP contribution in [0.15, 0.2) is 16.9 Å². The summed E-state index contributed by atoms with van der Waals surface area (Å²) in [7, 11) is 0. The average molecular weight is 314 g/mol. The quantitative estimate of drug-likeness (QED) is 0.926. The molecule has 0 spiro atoms. The van der Waals surface area contributed by atoms with E-state index in [1.54, 1.807) is 0 Å². The van der Waals surface area contributed by atoms with Crippen LogP contribution >= 0.6 is 0 Å². The minimum atomic E-state index is 0.167. The van der Waals surface area contributed by atoms with E-state index in [4.69, 9.17) is 4.74 Å². The number of pyridine rings is 1. The predicted molar refractivity (Wildman–Crippen MR) is 94.1 cm³/mol. The van der Waals surface area contributed by atoms with E-state index in [1.165, 1.54) is 5.56 Å². The van der Waals surface area contributed by atoms with Crippen LogP contribution in [0.3, 0.4) is 0 Å². The molecule has 1 aromatic heterocycles. The summed E-state index contributed by atoms with van der Waals surface area (Å²) in [6, 6.07) is 4.13. The third-order valence-electron chi connectivity index (χ3n) is 4.63. The smallest absolute Gasteiger partial charge is 0.194 e. The number of nitrogens with zero attached hydrogens (tertiary/aromatic N) is 1. The van der Waals surface area contributed by atoms with E-state index < -0.39 is 0 Å². The van der Waals surface area contributed by atoms with Gasteiger partial charge in [-0.3, -0.25) is 9.69 Å². The van der Waals surface area contributed by atoms with Gasteiger partial charge in [0.05, 0.1) is 17.7 Å². The molecule has 1 fully saturated rings. The molecule has 0 unspecified atom stereocenters. The molecular formula is C19H26N2O2. The zero-order valence-electron chi connectivity index (χ0n) is 14.7. The van der Waals surface area contributed by atoms with Gasteiger partial charge in [0.1, 0.15) is 0 Å². The van der Waals surface area contributed by atoms with Crippen molar-refractivity contribution in [1.29, 1.82) is 0 Å². The molecule has 1 N–H and O–H groups in total. The van der Waals surface area contributed by atoms with E-state index in [9.17, 15) is 4.79 Å². The third-order valence-corrected chi connectivity index (χ3v) is 4.63. The Hall–Kier alpha value is -1.65. The van der Waals surface area contributed by atoms with E-state index in [2.05, 4.69) is 42.8 Å². The standard InChI is InChI=1S/C19H26N2O2/c1-11-6-12(2)18-17(7-11)20-15(5)16(19(18)22)10-21-8-13(3)23-14(4)9-21/h6-7,13-14H,8-10H2,1-5H3,(H,20,22)/t13-,14+. The van der Waals surface area contributed by atoms with Gasteiger partial charge in [-0.2, -0.15) is 0 Å². The van der Waals surface area contributed by atoms with Crippen LogP contribution in [0.4, 0.5) is 0 Å². The molecule has 0 aliphatic carbocycles. The highest BCUT2D eigenvalue weighted by atomic mass is 16.5. The summed E-state index contributed by atoms with van der Waals surface area (Å²) in [6.45, 7) is 12.7. The molecule has 4 heteroatoms. The molecule has 23 heavy (non-hydrogen) atoms. The lowest BCUT2D eigenvalue weighted by Gasteiger charge is -2.35. The van der Waals surface area contributed by atoms with E-state index in [0.717, 1.165) is 40.8 Å². The van der Waals surface area contributed by atoms with Gasteiger partial charge in [0, 0.05) is 36.3 Å². The summed E-state index contributed by atoms with van der Waals surface area (Å²) in [5.74, 6) is 0. The van der Waals surface area contributed by atoms with Gasteiger partial charge in [-0.05, 0) is 51.8 Å². The molecule has 2 heterocycles. The van der Waals surface area contributed by atoms with Gasteiger partial charge >= 0.3 is 0 Å². The van der Waals surface area contributed by atoms with Crippen LogP contribution in [0, 0.1) is 20.8 Å². The number of rotatable bonds is 2. The van der Waals surface area contributed by atoms with Crippen molar-refractivity contribution in [3.63, 3.8) is 0 Å². The van der Waals surface area contributed by atoms with Crippen LogP contribution in [0.25, 0.3) is 10.9 Å². The van der Waals surface area contributed by atoms with Crippen molar-refractivity contribution in [3.8, 4) is 0 Å². The fourth-order valence-corrected chi connectivity index (χ4v) is 3.79. The van der Waals surface area contributed by atoms with E-state index >= 15 is 0 Å². The summed E-state index contributed by atoms with van der Waals surface area (Å²) in [5.41, 5.74) is 5.18. The molecule has 124 valence electrons. The minimum absolute atomic E-state index is 0.167. The molecule has 2 aromatic rings. The molecule has 1 aliphatic rings. The van der Waals surface area contributed by atoms with Gasteiger partial charge < -0.3 is 9.72 Å². The first kappa shape index (κ1) is 16.2. The monoisotopic (exact) mass is 314 g/mol. The SMILES string of the molecule is Cc1cc(C)c2c(=O)c(CN3C[C@@H](C)O[C@@H](C)C3)c(C)[nH]c2c1. The first-order valence-corrected chi connectivity index (χ1v) is 8.35. The number of aromatic amines is 1. The zero-order valence-corrected chi connectivity index (χ0v) is 14.7. The van der Waals surface area contributed by atoms with Crippen LogP contribution in [0.5, 0.6) is 0 Å². The van der Waals surface area contributed by atoms with Gasteiger partial charge in [-0.1, -0.05) is 6.07 Å². The molecule has 0 bridgehead atoms. The van der Waals surface area contributed by atoms with Crippen molar-refractivity contribution in [2.75, 3.05) is 13.1 Å². The number of H-pyrrole nitrogens is 1. The molecule has 2 atom stereocenters. The number of aryl methyl sites for hydroxylation is 3. The lowest BCUT2D eigenvalue weighted by molar-refractivity contribution is -0.0706. The Morgan fingerprint density at radius 1 is 1.17 bits per heavy atom. The first-order valence-electron chi connectivity index (χ1n) is 8.35. The number of nitrogens with one attached hydrogen (secondary N) is 1. The number of hydrogen-bond acceptors (Lipinski definition) is 3. The van der Waals surface area contributed by atoms with E-state index in [1.807, 2.05) is 13.8 Å².